The highest BCUT2D eigenvalue weighted by molar-refractivity contribution is 6.30. The van der Waals surface area contributed by atoms with Gasteiger partial charge in [-0.05, 0) is 29.3 Å². The Balaban J connectivity index is 1.93. The number of benzene rings is 2. The summed E-state index contributed by atoms with van der Waals surface area (Å²) < 4.78 is 4.99. The fourth-order valence-corrected chi connectivity index (χ4v) is 3.26. The molecule has 0 aliphatic carbocycles. The second-order valence-electron chi connectivity index (χ2n) is 5.94. The zero-order valence-electron chi connectivity index (χ0n) is 14.1. The van der Waals surface area contributed by atoms with Crippen molar-refractivity contribution in [2.24, 2.45) is 0 Å². The zero-order chi connectivity index (χ0) is 17.6. The van der Waals surface area contributed by atoms with Crippen molar-refractivity contribution in [3.63, 3.8) is 0 Å². The van der Waals surface area contributed by atoms with Gasteiger partial charge in [-0.15, -0.1) is 0 Å². The van der Waals surface area contributed by atoms with Crippen molar-refractivity contribution in [2.75, 3.05) is 20.3 Å². The highest BCUT2D eigenvalue weighted by atomic mass is 35.5. The zero-order valence-corrected chi connectivity index (χ0v) is 14.8. The first-order valence-electron chi connectivity index (χ1n) is 8.26. The van der Waals surface area contributed by atoms with E-state index in [1.54, 1.807) is 7.11 Å². The van der Waals surface area contributed by atoms with E-state index in [0.717, 1.165) is 22.0 Å². The Morgan fingerprint density at radius 1 is 1.24 bits per heavy atom. The second-order valence-corrected chi connectivity index (χ2v) is 6.38. The van der Waals surface area contributed by atoms with Crippen LogP contribution in [-0.4, -0.2) is 31.2 Å². The fraction of sp³-hybridized carbons (Fsp3) is 0.250. The first-order chi connectivity index (χ1) is 12.2. The molecule has 0 aliphatic heterocycles. The van der Waals surface area contributed by atoms with E-state index in [-0.39, 0.29) is 11.8 Å². The lowest BCUT2D eigenvalue weighted by Crippen LogP contribution is -2.28. The monoisotopic (exact) mass is 356 g/mol. The minimum Gasteiger partial charge on any atom is -0.383 e. The molecule has 0 bridgehead atoms. The third-order valence-electron chi connectivity index (χ3n) is 4.27. The Labute approximate surface area is 152 Å². The maximum Gasteiger partial charge on any atom is 0.221 e. The van der Waals surface area contributed by atoms with Gasteiger partial charge in [-0.1, -0.05) is 41.9 Å². The van der Waals surface area contributed by atoms with Crippen molar-refractivity contribution in [3.05, 3.63) is 70.9 Å². The molecule has 4 nitrogen and oxygen atoms in total. The molecule has 3 aromatic rings. The van der Waals surface area contributed by atoms with Crippen molar-refractivity contribution in [1.29, 1.82) is 0 Å². The minimum absolute atomic E-state index is 0.00712. The number of hydrogen-bond donors (Lipinski definition) is 2. The van der Waals surface area contributed by atoms with Crippen molar-refractivity contribution >= 4 is 28.4 Å². The number of aromatic amines is 1. The highest BCUT2D eigenvalue weighted by Gasteiger charge is 2.21. The number of para-hydroxylation sites is 1. The third kappa shape index (κ3) is 4.21. The molecule has 0 aliphatic rings. The van der Waals surface area contributed by atoms with Gasteiger partial charge in [-0.25, -0.2) is 0 Å². The van der Waals surface area contributed by atoms with E-state index in [0.29, 0.717) is 24.6 Å². The number of H-pyrrole nitrogens is 1. The van der Waals surface area contributed by atoms with Crippen LogP contribution in [-0.2, 0) is 9.53 Å². The van der Waals surface area contributed by atoms with Gasteiger partial charge < -0.3 is 15.0 Å². The Bertz CT molecular complexity index is 860. The molecule has 1 unspecified atom stereocenters. The SMILES string of the molecule is COCCNC(=O)CC(c1cccc(Cl)c1)c1c[nH]c2ccccc12. The van der Waals surface area contributed by atoms with E-state index >= 15 is 0 Å². The average Bonchev–Trinajstić information content (AvgIpc) is 3.04. The normalized spacial score (nSPS) is 12.2. The van der Waals surface area contributed by atoms with Gasteiger partial charge in [0.25, 0.3) is 0 Å². The maximum absolute atomic E-state index is 12.4. The smallest absolute Gasteiger partial charge is 0.221 e. The Kier molecular flexibility index (Phi) is 5.74. The number of nitrogens with one attached hydrogen (secondary N) is 2. The largest absolute Gasteiger partial charge is 0.383 e. The molecule has 0 radical (unpaired) electrons. The average molecular weight is 357 g/mol. The van der Waals surface area contributed by atoms with E-state index in [1.807, 2.05) is 48.7 Å². The van der Waals surface area contributed by atoms with Gasteiger partial charge in [0.05, 0.1) is 6.61 Å². The molecule has 2 aromatic carbocycles. The quantitative estimate of drug-likeness (QED) is 0.626. The third-order valence-corrected chi connectivity index (χ3v) is 4.50. The molecular formula is C20H21ClN2O2. The van der Waals surface area contributed by atoms with Crippen LogP contribution < -0.4 is 5.32 Å². The van der Waals surface area contributed by atoms with E-state index in [2.05, 4.69) is 16.4 Å². The fourth-order valence-electron chi connectivity index (χ4n) is 3.06. The Hall–Kier alpha value is -2.30. The van der Waals surface area contributed by atoms with Crippen LogP contribution in [0.3, 0.4) is 0 Å². The summed E-state index contributed by atoms with van der Waals surface area (Å²) in [5.41, 5.74) is 3.18. The number of halogens is 1. The van der Waals surface area contributed by atoms with Crippen molar-refractivity contribution in [2.45, 2.75) is 12.3 Å². The molecule has 1 amide bonds. The topological polar surface area (TPSA) is 54.1 Å². The van der Waals surface area contributed by atoms with Crippen molar-refractivity contribution < 1.29 is 9.53 Å². The number of hydrogen-bond acceptors (Lipinski definition) is 2. The number of rotatable bonds is 7. The molecule has 3 rings (SSSR count). The van der Waals surface area contributed by atoms with Crippen LogP contribution in [0.4, 0.5) is 0 Å². The molecule has 130 valence electrons. The number of methoxy groups -OCH3 is 1. The van der Waals surface area contributed by atoms with Gasteiger partial charge in [0, 0.05) is 48.1 Å². The summed E-state index contributed by atoms with van der Waals surface area (Å²) in [5.74, 6) is -0.0790. The van der Waals surface area contributed by atoms with E-state index in [9.17, 15) is 4.79 Å². The van der Waals surface area contributed by atoms with E-state index in [1.165, 1.54) is 0 Å². The Morgan fingerprint density at radius 2 is 2.08 bits per heavy atom. The summed E-state index contributed by atoms with van der Waals surface area (Å²) in [7, 11) is 1.62. The minimum atomic E-state index is -0.0719. The molecule has 5 heteroatoms. The number of fused-ring (bicyclic) bond motifs is 1. The van der Waals surface area contributed by atoms with Crippen LogP contribution in [0.2, 0.25) is 5.02 Å². The second kappa shape index (κ2) is 8.19. The molecule has 0 saturated carbocycles. The van der Waals surface area contributed by atoms with Gasteiger partial charge in [-0.3, -0.25) is 4.79 Å². The van der Waals surface area contributed by atoms with Gasteiger partial charge >= 0.3 is 0 Å². The number of carbonyl (C=O) groups is 1. The number of aromatic nitrogens is 1. The van der Waals surface area contributed by atoms with E-state index in [4.69, 9.17) is 16.3 Å². The molecule has 1 heterocycles. The molecular weight excluding hydrogens is 336 g/mol. The lowest BCUT2D eigenvalue weighted by atomic mass is 9.88. The highest BCUT2D eigenvalue weighted by Crippen LogP contribution is 2.34. The summed E-state index contributed by atoms with van der Waals surface area (Å²) >= 11 is 6.18. The van der Waals surface area contributed by atoms with Gasteiger partial charge in [0.1, 0.15) is 0 Å². The summed E-state index contributed by atoms with van der Waals surface area (Å²) in [6.45, 7) is 1.01. The van der Waals surface area contributed by atoms with Crippen molar-refractivity contribution in [1.82, 2.24) is 10.3 Å². The van der Waals surface area contributed by atoms with Crippen LogP contribution in [0, 0.1) is 0 Å². The summed E-state index contributed by atoms with van der Waals surface area (Å²) in [6.07, 6.45) is 2.34. The van der Waals surface area contributed by atoms with E-state index < -0.39 is 0 Å². The maximum atomic E-state index is 12.4. The van der Waals surface area contributed by atoms with Crippen LogP contribution >= 0.6 is 11.6 Å². The van der Waals surface area contributed by atoms with Crippen molar-refractivity contribution in [3.8, 4) is 0 Å². The summed E-state index contributed by atoms with van der Waals surface area (Å²) in [4.78, 5) is 15.7. The molecule has 0 saturated heterocycles. The van der Waals surface area contributed by atoms with Crippen LogP contribution in [0.1, 0.15) is 23.5 Å². The predicted molar refractivity (Wildman–Crippen MR) is 101 cm³/mol. The summed E-state index contributed by atoms with van der Waals surface area (Å²) in [5, 5.41) is 4.69. The first kappa shape index (κ1) is 17.5. The standard InChI is InChI=1S/C20H21ClN2O2/c1-25-10-9-22-20(24)12-17(14-5-4-6-15(21)11-14)18-13-23-19-8-3-2-7-16(18)19/h2-8,11,13,17,23H,9-10,12H2,1H3,(H,22,24). The lowest BCUT2D eigenvalue weighted by Gasteiger charge is -2.17. The first-order valence-corrected chi connectivity index (χ1v) is 8.64. The molecule has 0 spiro atoms. The summed E-state index contributed by atoms with van der Waals surface area (Å²) in [6, 6.07) is 15.8. The van der Waals surface area contributed by atoms with Crippen LogP contribution in [0.15, 0.2) is 54.7 Å². The van der Waals surface area contributed by atoms with Crippen LogP contribution in [0.5, 0.6) is 0 Å². The van der Waals surface area contributed by atoms with Gasteiger partial charge in [-0.2, -0.15) is 0 Å². The molecule has 1 atom stereocenters. The number of ether oxygens (including phenoxy) is 1. The van der Waals surface area contributed by atoms with Crippen LogP contribution in [0.25, 0.3) is 10.9 Å². The predicted octanol–water partition coefficient (Wildman–Crippen LogP) is 4.11. The molecule has 2 N–H and O–H groups in total. The lowest BCUT2D eigenvalue weighted by molar-refractivity contribution is -0.121. The van der Waals surface area contributed by atoms with Gasteiger partial charge in [0.2, 0.25) is 5.91 Å². The van der Waals surface area contributed by atoms with Gasteiger partial charge in [0.15, 0.2) is 0 Å². The molecule has 25 heavy (non-hydrogen) atoms. The molecule has 1 aromatic heterocycles. The number of amides is 1. The number of carbonyl (C=O) groups excluding carboxylic acids is 1. The molecule has 0 fully saturated rings. The Morgan fingerprint density at radius 3 is 2.88 bits per heavy atom.